The Kier molecular flexibility index (Phi) is 5.14. The summed E-state index contributed by atoms with van der Waals surface area (Å²) in [6, 6.07) is 8.39. The topological polar surface area (TPSA) is 99.9 Å². The largest absolute Gasteiger partial charge is 0.455 e. The quantitative estimate of drug-likeness (QED) is 0.691. The van der Waals surface area contributed by atoms with Crippen molar-refractivity contribution >= 4 is 17.1 Å². The third-order valence-corrected chi connectivity index (χ3v) is 2.93. The number of carbonyl (C=O) groups is 1. The molecule has 0 atom stereocenters. The van der Waals surface area contributed by atoms with Crippen LogP contribution < -0.4 is 15.7 Å². The molecule has 7 heteroatoms. The van der Waals surface area contributed by atoms with E-state index in [4.69, 9.17) is 4.74 Å². The summed E-state index contributed by atoms with van der Waals surface area (Å²) in [5.41, 5.74) is 1.03. The fourth-order valence-corrected chi connectivity index (χ4v) is 1.97. The molecule has 0 bridgehead atoms. The van der Waals surface area contributed by atoms with Crippen molar-refractivity contribution in [3.05, 3.63) is 52.6 Å². The Hall–Kier alpha value is -3.09. The molecule has 0 radical (unpaired) electrons. The first kappa shape index (κ1) is 16.3. The molecule has 2 aromatic heterocycles. The van der Waals surface area contributed by atoms with Gasteiger partial charge in [0.15, 0.2) is 11.4 Å². The lowest BCUT2D eigenvalue weighted by molar-refractivity contribution is 0.0963. The van der Waals surface area contributed by atoms with Crippen molar-refractivity contribution in [2.45, 2.75) is 13.8 Å². The maximum Gasteiger partial charge on any atom is 0.325 e. The number of hydrogen-bond donors (Lipinski definition) is 3. The number of amides is 1. The zero-order valence-electron chi connectivity index (χ0n) is 13.1. The van der Waals surface area contributed by atoms with Crippen LogP contribution >= 0.6 is 0 Å². The highest BCUT2D eigenvalue weighted by Gasteiger charge is 2.09. The second-order valence-electron chi connectivity index (χ2n) is 4.32. The molecule has 0 saturated heterocycles. The number of H-pyrrole nitrogens is 2. The third-order valence-electron chi connectivity index (χ3n) is 2.93. The summed E-state index contributed by atoms with van der Waals surface area (Å²) >= 11 is 0. The molecule has 3 rings (SSSR count). The van der Waals surface area contributed by atoms with Gasteiger partial charge in [-0.05, 0) is 18.2 Å². The number of aromatic amines is 2. The van der Waals surface area contributed by atoms with E-state index < -0.39 is 0 Å². The van der Waals surface area contributed by atoms with Gasteiger partial charge in [-0.15, -0.1) is 0 Å². The van der Waals surface area contributed by atoms with Crippen molar-refractivity contribution in [3.63, 3.8) is 0 Å². The van der Waals surface area contributed by atoms with E-state index in [2.05, 4.69) is 20.3 Å². The average molecular weight is 314 g/mol. The van der Waals surface area contributed by atoms with Gasteiger partial charge >= 0.3 is 5.69 Å². The predicted octanol–water partition coefficient (Wildman–Crippen LogP) is 2.43. The molecular weight excluding hydrogens is 296 g/mol. The van der Waals surface area contributed by atoms with Gasteiger partial charge in [0.2, 0.25) is 0 Å². The summed E-state index contributed by atoms with van der Waals surface area (Å²) in [4.78, 5) is 32.1. The molecular formula is C16H18N4O3. The SMILES string of the molecule is CC.CNC(=O)c1cccc(Oc2ccnc3[nH]c(=O)[nH]c23)c1. The number of aromatic nitrogens is 3. The summed E-state index contributed by atoms with van der Waals surface area (Å²) in [5.74, 6) is 0.744. The van der Waals surface area contributed by atoms with E-state index in [1.807, 2.05) is 13.8 Å². The highest BCUT2D eigenvalue weighted by Crippen LogP contribution is 2.26. The molecule has 0 aliphatic heterocycles. The zero-order chi connectivity index (χ0) is 16.8. The fourth-order valence-electron chi connectivity index (χ4n) is 1.97. The fraction of sp³-hybridized carbons (Fsp3) is 0.188. The number of pyridine rings is 1. The van der Waals surface area contributed by atoms with Crippen molar-refractivity contribution in [2.75, 3.05) is 7.05 Å². The smallest absolute Gasteiger partial charge is 0.325 e. The molecule has 7 nitrogen and oxygen atoms in total. The Balaban J connectivity index is 0.000000924. The standard InChI is InChI=1S/C14H12N4O3.C2H6/c1-15-13(19)8-3-2-4-9(7-8)21-10-5-6-16-12-11(10)17-14(20)18-12;1-2/h2-7H,1H3,(H,15,19)(H2,16,17,18,20);1-2H3. The molecule has 1 amide bonds. The Morgan fingerprint density at radius 1 is 1.22 bits per heavy atom. The van der Waals surface area contributed by atoms with Gasteiger partial charge in [-0.3, -0.25) is 9.78 Å². The second kappa shape index (κ2) is 7.26. The zero-order valence-corrected chi connectivity index (χ0v) is 13.1. The molecule has 120 valence electrons. The Morgan fingerprint density at radius 3 is 2.74 bits per heavy atom. The van der Waals surface area contributed by atoms with Gasteiger partial charge in [0, 0.05) is 24.9 Å². The highest BCUT2D eigenvalue weighted by atomic mass is 16.5. The molecule has 2 heterocycles. The number of nitrogens with zero attached hydrogens (tertiary/aromatic N) is 1. The molecule has 0 unspecified atom stereocenters. The number of fused-ring (bicyclic) bond motifs is 1. The molecule has 0 aliphatic carbocycles. The third kappa shape index (κ3) is 3.57. The van der Waals surface area contributed by atoms with Crippen LogP contribution in [0.15, 0.2) is 41.3 Å². The molecule has 0 fully saturated rings. The number of rotatable bonds is 3. The number of nitrogens with one attached hydrogen (secondary N) is 3. The van der Waals surface area contributed by atoms with Crippen LogP contribution in [0.1, 0.15) is 24.2 Å². The number of ether oxygens (including phenoxy) is 1. The van der Waals surface area contributed by atoms with Crippen molar-refractivity contribution in [2.24, 2.45) is 0 Å². The van der Waals surface area contributed by atoms with Crippen LogP contribution in [0.5, 0.6) is 11.5 Å². The van der Waals surface area contributed by atoms with E-state index in [-0.39, 0.29) is 11.6 Å². The molecule has 0 saturated carbocycles. The number of benzene rings is 1. The van der Waals surface area contributed by atoms with Crippen LogP contribution in [0.25, 0.3) is 11.2 Å². The van der Waals surface area contributed by atoms with E-state index in [1.54, 1.807) is 37.4 Å². The normalized spacial score (nSPS) is 9.87. The first-order valence-corrected chi connectivity index (χ1v) is 7.24. The first-order valence-electron chi connectivity index (χ1n) is 7.24. The Bertz CT molecular complexity index is 867. The molecule has 3 aromatic rings. The minimum Gasteiger partial charge on any atom is -0.455 e. The van der Waals surface area contributed by atoms with E-state index in [0.717, 1.165) is 0 Å². The van der Waals surface area contributed by atoms with E-state index >= 15 is 0 Å². The molecule has 23 heavy (non-hydrogen) atoms. The van der Waals surface area contributed by atoms with Crippen LogP contribution in [0.2, 0.25) is 0 Å². The van der Waals surface area contributed by atoms with E-state index in [0.29, 0.717) is 28.2 Å². The summed E-state index contributed by atoms with van der Waals surface area (Å²) in [6.07, 6.45) is 1.53. The van der Waals surface area contributed by atoms with Gasteiger partial charge < -0.3 is 15.0 Å². The Morgan fingerprint density at radius 2 is 2.00 bits per heavy atom. The average Bonchev–Trinajstić information content (AvgIpc) is 2.97. The summed E-state index contributed by atoms with van der Waals surface area (Å²) in [7, 11) is 1.56. The minimum absolute atomic E-state index is 0.199. The van der Waals surface area contributed by atoms with Crippen molar-refractivity contribution in [1.29, 1.82) is 0 Å². The maximum atomic E-state index is 11.6. The monoisotopic (exact) mass is 314 g/mol. The molecule has 0 spiro atoms. The van der Waals surface area contributed by atoms with Crippen molar-refractivity contribution < 1.29 is 9.53 Å². The first-order chi connectivity index (χ1) is 11.2. The lowest BCUT2D eigenvalue weighted by Crippen LogP contribution is -2.17. The Labute approximate surface area is 132 Å². The molecule has 1 aromatic carbocycles. The summed E-state index contributed by atoms with van der Waals surface area (Å²) < 4.78 is 5.73. The van der Waals surface area contributed by atoms with Gasteiger partial charge in [-0.25, -0.2) is 9.78 Å². The molecule has 3 N–H and O–H groups in total. The number of carbonyl (C=O) groups excluding carboxylic acids is 1. The van der Waals surface area contributed by atoms with Crippen LogP contribution in [-0.4, -0.2) is 27.9 Å². The van der Waals surface area contributed by atoms with Gasteiger partial charge in [0.1, 0.15) is 11.3 Å². The van der Waals surface area contributed by atoms with Gasteiger partial charge in [0.05, 0.1) is 0 Å². The van der Waals surface area contributed by atoms with Crippen LogP contribution in [-0.2, 0) is 0 Å². The summed E-state index contributed by atoms with van der Waals surface area (Å²) in [6.45, 7) is 4.00. The van der Waals surface area contributed by atoms with Crippen molar-refractivity contribution in [1.82, 2.24) is 20.3 Å². The second-order valence-corrected chi connectivity index (χ2v) is 4.32. The van der Waals surface area contributed by atoms with Gasteiger partial charge in [-0.2, -0.15) is 0 Å². The maximum absolute atomic E-state index is 11.6. The summed E-state index contributed by atoms with van der Waals surface area (Å²) in [5, 5.41) is 2.55. The predicted molar refractivity (Wildman–Crippen MR) is 88.0 cm³/mol. The van der Waals surface area contributed by atoms with Crippen LogP contribution in [0, 0.1) is 0 Å². The number of imidazole rings is 1. The van der Waals surface area contributed by atoms with Gasteiger partial charge in [0.25, 0.3) is 5.91 Å². The van der Waals surface area contributed by atoms with Crippen LogP contribution in [0.3, 0.4) is 0 Å². The number of hydrogen-bond acceptors (Lipinski definition) is 4. The van der Waals surface area contributed by atoms with E-state index in [1.165, 1.54) is 6.20 Å². The lowest BCUT2D eigenvalue weighted by atomic mass is 10.2. The highest BCUT2D eigenvalue weighted by molar-refractivity contribution is 5.94. The van der Waals surface area contributed by atoms with E-state index in [9.17, 15) is 9.59 Å². The minimum atomic E-state index is -0.354. The van der Waals surface area contributed by atoms with Crippen molar-refractivity contribution in [3.8, 4) is 11.5 Å². The van der Waals surface area contributed by atoms with Crippen LogP contribution in [0.4, 0.5) is 0 Å². The lowest BCUT2D eigenvalue weighted by Gasteiger charge is -2.07. The molecule has 0 aliphatic rings. The van der Waals surface area contributed by atoms with Gasteiger partial charge in [-0.1, -0.05) is 19.9 Å².